The van der Waals surface area contributed by atoms with Crippen LogP contribution < -0.4 is 5.32 Å². The summed E-state index contributed by atoms with van der Waals surface area (Å²) >= 11 is 1.81. The van der Waals surface area contributed by atoms with Gasteiger partial charge < -0.3 is 5.32 Å². The summed E-state index contributed by atoms with van der Waals surface area (Å²) in [4.78, 5) is 3.75. The van der Waals surface area contributed by atoms with Crippen LogP contribution in [-0.4, -0.2) is 42.9 Å². The molecule has 1 aliphatic heterocycles. The molecule has 1 aliphatic rings. The van der Waals surface area contributed by atoms with Crippen LogP contribution in [0.1, 0.15) is 19.8 Å². The molecule has 0 amide bonds. The molecule has 1 atom stereocenters. The highest BCUT2D eigenvalue weighted by Crippen LogP contribution is 2.19. The van der Waals surface area contributed by atoms with Crippen molar-refractivity contribution >= 4 is 11.8 Å². The average Bonchev–Trinajstić information content (AvgIpc) is 2.94. The molecule has 1 aromatic carbocycles. The molecule has 0 aliphatic carbocycles. The molecular weight excluding hydrogens is 259 g/mol. The summed E-state index contributed by atoms with van der Waals surface area (Å²) in [5.74, 6) is 0.913. The number of benzene rings is 1. The third kappa shape index (κ3) is 4.79. The van der Waals surface area contributed by atoms with E-state index in [4.69, 9.17) is 0 Å². The first-order valence-corrected chi connectivity index (χ1v) is 8.11. The first kappa shape index (κ1) is 14.8. The Bertz CT molecular complexity index is 363. The van der Waals surface area contributed by atoms with Crippen molar-refractivity contribution in [2.75, 3.05) is 31.9 Å². The first-order chi connectivity index (χ1) is 9.29. The fourth-order valence-corrected chi connectivity index (χ4v) is 3.42. The second-order valence-electron chi connectivity index (χ2n) is 4.98. The standard InChI is InChI=1S/C15H23FN2S/c1-2-9-18(14-7-8-17-12-14)10-11-19-15-5-3-13(16)4-6-15/h3-6,14,17H,2,7-12H2,1H3. The summed E-state index contributed by atoms with van der Waals surface area (Å²) in [6.07, 6.45) is 2.47. The summed E-state index contributed by atoms with van der Waals surface area (Å²) in [7, 11) is 0. The molecule has 106 valence electrons. The SMILES string of the molecule is CCCN(CCSc1ccc(F)cc1)C1CCNC1. The lowest BCUT2D eigenvalue weighted by Crippen LogP contribution is -2.38. The van der Waals surface area contributed by atoms with Gasteiger partial charge in [0.15, 0.2) is 0 Å². The second-order valence-corrected chi connectivity index (χ2v) is 6.15. The summed E-state index contributed by atoms with van der Waals surface area (Å²) in [5.41, 5.74) is 0. The van der Waals surface area contributed by atoms with Crippen LogP contribution in [0.4, 0.5) is 4.39 Å². The lowest BCUT2D eigenvalue weighted by Gasteiger charge is -2.27. The van der Waals surface area contributed by atoms with Crippen molar-refractivity contribution in [3.05, 3.63) is 30.1 Å². The number of hydrogen-bond acceptors (Lipinski definition) is 3. The molecule has 1 aromatic rings. The zero-order valence-corrected chi connectivity index (χ0v) is 12.4. The summed E-state index contributed by atoms with van der Waals surface area (Å²) in [6, 6.07) is 7.50. The third-order valence-corrected chi connectivity index (χ3v) is 4.51. The second kappa shape index (κ2) is 7.88. The number of nitrogens with zero attached hydrogens (tertiary/aromatic N) is 1. The lowest BCUT2D eigenvalue weighted by atomic mass is 10.2. The smallest absolute Gasteiger partial charge is 0.123 e. The number of halogens is 1. The maximum absolute atomic E-state index is 12.8. The minimum absolute atomic E-state index is 0.158. The third-order valence-electron chi connectivity index (χ3n) is 3.52. The number of rotatable bonds is 7. The van der Waals surface area contributed by atoms with E-state index in [1.54, 1.807) is 0 Å². The predicted octanol–water partition coefficient (Wildman–Crippen LogP) is 2.99. The molecule has 1 saturated heterocycles. The molecule has 19 heavy (non-hydrogen) atoms. The van der Waals surface area contributed by atoms with E-state index in [9.17, 15) is 4.39 Å². The summed E-state index contributed by atoms with van der Waals surface area (Å²) < 4.78 is 12.8. The zero-order valence-electron chi connectivity index (χ0n) is 11.6. The van der Waals surface area contributed by atoms with Gasteiger partial charge in [-0.2, -0.15) is 0 Å². The Labute approximate surface area is 119 Å². The molecule has 1 heterocycles. The van der Waals surface area contributed by atoms with E-state index in [2.05, 4.69) is 17.1 Å². The van der Waals surface area contributed by atoms with Crippen LogP contribution in [0, 0.1) is 5.82 Å². The molecule has 1 fully saturated rings. The van der Waals surface area contributed by atoms with Gasteiger partial charge >= 0.3 is 0 Å². The molecule has 2 rings (SSSR count). The van der Waals surface area contributed by atoms with Gasteiger partial charge in [-0.1, -0.05) is 6.92 Å². The lowest BCUT2D eigenvalue weighted by molar-refractivity contribution is 0.221. The van der Waals surface area contributed by atoms with Gasteiger partial charge in [-0.15, -0.1) is 11.8 Å². The highest BCUT2D eigenvalue weighted by Gasteiger charge is 2.20. The van der Waals surface area contributed by atoms with E-state index in [-0.39, 0.29) is 5.82 Å². The van der Waals surface area contributed by atoms with Gasteiger partial charge in [-0.3, -0.25) is 4.90 Å². The predicted molar refractivity (Wildman–Crippen MR) is 80.3 cm³/mol. The van der Waals surface area contributed by atoms with E-state index < -0.39 is 0 Å². The maximum Gasteiger partial charge on any atom is 0.123 e. The van der Waals surface area contributed by atoms with Crippen LogP contribution in [0.2, 0.25) is 0 Å². The molecule has 1 N–H and O–H groups in total. The largest absolute Gasteiger partial charge is 0.315 e. The van der Waals surface area contributed by atoms with Crippen molar-refractivity contribution in [1.82, 2.24) is 10.2 Å². The Morgan fingerprint density at radius 3 is 2.74 bits per heavy atom. The van der Waals surface area contributed by atoms with Crippen LogP contribution >= 0.6 is 11.8 Å². The van der Waals surface area contributed by atoms with E-state index in [0.717, 1.165) is 30.3 Å². The van der Waals surface area contributed by atoms with Gasteiger partial charge in [0.2, 0.25) is 0 Å². The first-order valence-electron chi connectivity index (χ1n) is 7.12. The Kier molecular flexibility index (Phi) is 6.14. The van der Waals surface area contributed by atoms with Gasteiger partial charge in [-0.05, 0) is 50.2 Å². The minimum atomic E-state index is -0.158. The monoisotopic (exact) mass is 282 g/mol. The molecule has 2 nitrogen and oxygen atoms in total. The number of thioether (sulfide) groups is 1. The van der Waals surface area contributed by atoms with Gasteiger partial charge in [-0.25, -0.2) is 4.39 Å². The minimum Gasteiger partial charge on any atom is -0.315 e. The van der Waals surface area contributed by atoms with E-state index in [1.165, 1.54) is 31.5 Å². The number of nitrogens with one attached hydrogen (secondary N) is 1. The van der Waals surface area contributed by atoms with E-state index in [1.807, 2.05) is 23.9 Å². The van der Waals surface area contributed by atoms with Gasteiger partial charge in [0.25, 0.3) is 0 Å². The van der Waals surface area contributed by atoms with Gasteiger partial charge in [0.05, 0.1) is 0 Å². The van der Waals surface area contributed by atoms with E-state index in [0.29, 0.717) is 6.04 Å². The van der Waals surface area contributed by atoms with Crippen LogP contribution in [0.15, 0.2) is 29.2 Å². The Hall–Kier alpha value is -0.580. The van der Waals surface area contributed by atoms with Crippen molar-refractivity contribution in [3.8, 4) is 0 Å². The molecule has 0 bridgehead atoms. The highest BCUT2D eigenvalue weighted by atomic mass is 32.2. The average molecular weight is 282 g/mol. The molecular formula is C15H23FN2S. The normalized spacial score (nSPS) is 19.2. The molecule has 0 saturated carbocycles. The molecule has 0 aromatic heterocycles. The fraction of sp³-hybridized carbons (Fsp3) is 0.600. The number of hydrogen-bond donors (Lipinski definition) is 1. The van der Waals surface area contributed by atoms with Crippen LogP contribution in [0.5, 0.6) is 0 Å². The molecule has 1 unspecified atom stereocenters. The van der Waals surface area contributed by atoms with Crippen molar-refractivity contribution in [2.45, 2.75) is 30.7 Å². The van der Waals surface area contributed by atoms with Crippen molar-refractivity contribution in [1.29, 1.82) is 0 Å². The van der Waals surface area contributed by atoms with Gasteiger partial charge in [0, 0.05) is 29.8 Å². The quantitative estimate of drug-likeness (QED) is 0.774. The topological polar surface area (TPSA) is 15.3 Å². The summed E-state index contributed by atoms with van der Waals surface area (Å²) in [5, 5.41) is 3.44. The molecule has 4 heteroatoms. The Morgan fingerprint density at radius 1 is 1.32 bits per heavy atom. The van der Waals surface area contributed by atoms with E-state index >= 15 is 0 Å². The van der Waals surface area contributed by atoms with Crippen molar-refractivity contribution in [3.63, 3.8) is 0 Å². The van der Waals surface area contributed by atoms with Crippen LogP contribution in [0.3, 0.4) is 0 Å². The van der Waals surface area contributed by atoms with Crippen LogP contribution in [0.25, 0.3) is 0 Å². The van der Waals surface area contributed by atoms with Crippen molar-refractivity contribution < 1.29 is 4.39 Å². The maximum atomic E-state index is 12.8. The Morgan fingerprint density at radius 2 is 2.11 bits per heavy atom. The van der Waals surface area contributed by atoms with Gasteiger partial charge in [0.1, 0.15) is 5.82 Å². The fourth-order valence-electron chi connectivity index (χ4n) is 2.53. The Balaban J connectivity index is 1.76. The summed E-state index contributed by atoms with van der Waals surface area (Å²) in [6.45, 7) is 6.80. The highest BCUT2D eigenvalue weighted by molar-refractivity contribution is 7.99. The van der Waals surface area contributed by atoms with Crippen LogP contribution in [-0.2, 0) is 0 Å². The van der Waals surface area contributed by atoms with Crippen molar-refractivity contribution in [2.24, 2.45) is 0 Å². The molecule has 0 spiro atoms. The zero-order chi connectivity index (χ0) is 13.5. The molecule has 0 radical (unpaired) electrons.